The van der Waals surface area contributed by atoms with Crippen molar-refractivity contribution in [1.82, 2.24) is 14.8 Å². The standard InChI is InChI=1S/C22H23ClF3N3O3/c23-18-13-17(14-27-20(18)32-15-22(24,25)26)21(31)29-11-9-28(10-12-29)19(30)8-4-7-16-5-2-1-3-6-16/h1-3,5-6,13-14H,4,7-12,15H2. The van der Waals surface area contributed by atoms with Gasteiger partial charge in [0, 0.05) is 38.8 Å². The maximum absolute atomic E-state index is 12.7. The van der Waals surface area contributed by atoms with Crippen molar-refractivity contribution in [2.75, 3.05) is 32.8 Å². The van der Waals surface area contributed by atoms with E-state index in [4.69, 9.17) is 11.6 Å². The zero-order valence-electron chi connectivity index (χ0n) is 17.3. The molecule has 1 saturated heterocycles. The number of halogens is 4. The van der Waals surface area contributed by atoms with Crippen molar-refractivity contribution in [3.63, 3.8) is 0 Å². The molecule has 2 heterocycles. The summed E-state index contributed by atoms with van der Waals surface area (Å²) < 4.78 is 41.4. The highest BCUT2D eigenvalue weighted by Crippen LogP contribution is 2.25. The van der Waals surface area contributed by atoms with Crippen molar-refractivity contribution >= 4 is 23.4 Å². The van der Waals surface area contributed by atoms with Crippen LogP contribution in [0.5, 0.6) is 5.88 Å². The van der Waals surface area contributed by atoms with Crippen LogP contribution in [0.25, 0.3) is 0 Å². The van der Waals surface area contributed by atoms with E-state index in [9.17, 15) is 22.8 Å². The van der Waals surface area contributed by atoms with Gasteiger partial charge in [0.05, 0.1) is 5.56 Å². The summed E-state index contributed by atoms with van der Waals surface area (Å²) in [6.45, 7) is 0.0302. The topological polar surface area (TPSA) is 62.7 Å². The predicted molar refractivity (Wildman–Crippen MR) is 113 cm³/mol. The van der Waals surface area contributed by atoms with Crippen molar-refractivity contribution in [3.8, 4) is 5.88 Å². The molecule has 1 aromatic heterocycles. The van der Waals surface area contributed by atoms with E-state index in [0.29, 0.717) is 32.6 Å². The van der Waals surface area contributed by atoms with Crippen molar-refractivity contribution in [2.24, 2.45) is 0 Å². The summed E-state index contributed by atoms with van der Waals surface area (Å²) in [6, 6.07) is 11.2. The molecule has 0 atom stereocenters. The first-order chi connectivity index (χ1) is 15.2. The van der Waals surface area contributed by atoms with E-state index >= 15 is 0 Å². The summed E-state index contributed by atoms with van der Waals surface area (Å²) in [5.74, 6) is -0.673. The van der Waals surface area contributed by atoms with Gasteiger partial charge in [-0.05, 0) is 24.5 Å². The van der Waals surface area contributed by atoms with E-state index in [1.807, 2.05) is 30.3 Å². The largest absolute Gasteiger partial charge is 0.467 e. The Labute approximate surface area is 188 Å². The average molecular weight is 470 g/mol. The van der Waals surface area contributed by atoms with Gasteiger partial charge in [0.1, 0.15) is 5.02 Å². The van der Waals surface area contributed by atoms with Gasteiger partial charge in [-0.15, -0.1) is 0 Å². The molecule has 2 amide bonds. The molecule has 1 aliphatic rings. The quantitative estimate of drug-likeness (QED) is 0.615. The molecule has 1 fully saturated rings. The number of carbonyl (C=O) groups excluding carboxylic acids is 2. The Balaban J connectivity index is 1.46. The number of alkyl halides is 3. The summed E-state index contributed by atoms with van der Waals surface area (Å²) in [5, 5.41) is -0.174. The molecule has 3 rings (SSSR count). The summed E-state index contributed by atoms with van der Waals surface area (Å²) in [6.07, 6.45) is -1.34. The minimum Gasteiger partial charge on any atom is -0.467 e. The highest BCUT2D eigenvalue weighted by molar-refractivity contribution is 6.32. The molecule has 0 radical (unpaired) electrons. The van der Waals surface area contributed by atoms with E-state index in [2.05, 4.69) is 9.72 Å². The van der Waals surface area contributed by atoms with E-state index in [1.165, 1.54) is 11.6 Å². The Kier molecular flexibility index (Phi) is 7.95. The maximum atomic E-state index is 12.7. The number of ether oxygens (including phenoxy) is 1. The van der Waals surface area contributed by atoms with Crippen LogP contribution in [0.15, 0.2) is 42.6 Å². The van der Waals surface area contributed by atoms with Crippen LogP contribution in [0.4, 0.5) is 13.2 Å². The number of aryl methyl sites for hydroxylation is 1. The first-order valence-electron chi connectivity index (χ1n) is 10.2. The Morgan fingerprint density at radius 3 is 2.34 bits per heavy atom. The van der Waals surface area contributed by atoms with Crippen LogP contribution >= 0.6 is 11.6 Å². The Bertz CT molecular complexity index is 933. The van der Waals surface area contributed by atoms with Crippen LogP contribution in [-0.4, -0.2) is 65.6 Å². The fourth-order valence-corrected chi connectivity index (χ4v) is 3.61. The second kappa shape index (κ2) is 10.7. The van der Waals surface area contributed by atoms with Crippen LogP contribution in [-0.2, 0) is 11.2 Å². The van der Waals surface area contributed by atoms with E-state index in [1.54, 1.807) is 9.80 Å². The molecule has 0 unspecified atom stereocenters. The molecule has 10 heteroatoms. The first-order valence-corrected chi connectivity index (χ1v) is 10.6. The lowest BCUT2D eigenvalue weighted by Crippen LogP contribution is -2.50. The Morgan fingerprint density at radius 2 is 1.72 bits per heavy atom. The van der Waals surface area contributed by atoms with Crippen molar-refractivity contribution in [1.29, 1.82) is 0 Å². The summed E-state index contributed by atoms with van der Waals surface area (Å²) >= 11 is 5.92. The van der Waals surface area contributed by atoms with Gasteiger partial charge in [0.25, 0.3) is 5.91 Å². The molecule has 0 bridgehead atoms. The number of pyridine rings is 1. The summed E-state index contributed by atoms with van der Waals surface area (Å²) in [4.78, 5) is 32.2. The SMILES string of the molecule is O=C(CCCc1ccccc1)N1CCN(C(=O)c2cnc(OCC(F)(F)F)c(Cl)c2)CC1. The van der Waals surface area contributed by atoms with Gasteiger partial charge < -0.3 is 14.5 Å². The molecule has 0 N–H and O–H groups in total. The number of piperazine rings is 1. The summed E-state index contributed by atoms with van der Waals surface area (Å²) in [7, 11) is 0. The zero-order chi connectivity index (χ0) is 23.1. The third kappa shape index (κ3) is 6.85. The predicted octanol–water partition coefficient (Wildman–Crippen LogP) is 3.98. The number of carbonyl (C=O) groups is 2. The minimum absolute atomic E-state index is 0.0592. The number of aromatic nitrogens is 1. The number of benzene rings is 1. The highest BCUT2D eigenvalue weighted by atomic mass is 35.5. The van der Waals surface area contributed by atoms with Crippen molar-refractivity contribution in [3.05, 3.63) is 58.7 Å². The molecule has 0 spiro atoms. The molecular formula is C22H23ClF3N3O3. The van der Waals surface area contributed by atoms with E-state index < -0.39 is 12.8 Å². The van der Waals surface area contributed by atoms with Gasteiger partial charge in [0.2, 0.25) is 11.8 Å². The van der Waals surface area contributed by atoms with E-state index in [-0.39, 0.29) is 28.3 Å². The van der Waals surface area contributed by atoms with Gasteiger partial charge in [-0.3, -0.25) is 9.59 Å². The fraction of sp³-hybridized carbons (Fsp3) is 0.409. The zero-order valence-corrected chi connectivity index (χ0v) is 18.0. The molecule has 1 aromatic carbocycles. The third-order valence-corrected chi connectivity index (χ3v) is 5.32. The van der Waals surface area contributed by atoms with Crippen LogP contribution in [0.2, 0.25) is 5.02 Å². The lowest BCUT2D eigenvalue weighted by atomic mass is 10.1. The lowest BCUT2D eigenvalue weighted by molar-refractivity contribution is -0.154. The van der Waals surface area contributed by atoms with Crippen LogP contribution < -0.4 is 4.74 Å². The summed E-state index contributed by atoms with van der Waals surface area (Å²) in [5.41, 5.74) is 1.34. The number of rotatable bonds is 7. The lowest BCUT2D eigenvalue weighted by Gasteiger charge is -2.35. The molecule has 2 aromatic rings. The average Bonchev–Trinajstić information content (AvgIpc) is 2.78. The van der Waals surface area contributed by atoms with Gasteiger partial charge >= 0.3 is 6.18 Å². The molecule has 1 aliphatic heterocycles. The van der Waals surface area contributed by atoms with Gasteiger partial charge in [-0.1, -0.05) is 41.9 Å². The molecular weight excluding hydrogens is 447 g/mol. The molecule has 0 aliphatic carbocycles. The van der Waals surface area contributed by atoms with Gasteiger partial charge in [-0.2, -0.15) is 13.2 Å². The number of nitrogens with zero attached hydrogens (tertiary/aromatic N) is 3. The molecule has 0 saturated carbocycles. The number of hydrogen-bond acceptors (Lipinski definition) is 4. The maximum Gasteiger partial charge on any atom is 0.422 e. The van der Waals surface area contributed by atoms with Crippen LogP contribution in [0, 0.1) is 0 Å². The second-order valence-corrected chi connectivity index (χ2v) is 7.83. The molecule has 6 nitrogen and oxygen atoms in total. The van der Waals surface area contributed by atoms with Crippen molar-refractivity contribution < 1.29 is 27.5 Å². The molecule has 172 valence electrons. The Hall–Kier alpha value is -2.81. The van der Waals surface area contributed by atoms with Crippen LogP contribution in [0.1, 0.15) is 28.8 Å². The Morgan fingerprint density at radius 1 is 1.06 bits per heavy atom. The van der Waals surface area contributed by atoms with Gasteiger partial charge in [-0.25, -0.2) is 4.98 Å². The fourth-order valence-electron chi connectivity index (χ4n) is 3.39. The smallest absolute Gasteiger partial charge is 0.422 e. The number of amides is 2. The highest BCUT2D eigenvalue weighted by Gasteiger charge is 2.30. The van der Waals surface area contributed by atoms with Crippen molar-refractivity contribution in [2.45, 2.75) is 25.4 Å². The minimum atomic E-state index is -4.52. The first kappa shape index (κ1) is 23.8. The van der Waals surface area contributed by atoms with Gasteiger partial charge in [0.15, 0.2) is 6.61 Å². The van der Waals surface area contributed by atoms with E-state index in [0.717, 1.165) is 19.0 Å². The van der Waals surface area contributed by atoms with Crippen LogP contribution in [0.3, 0.4) is 0 Å². The second-order valence-electron chi connectivity index (χ2n) is 7.43. The normalized spacial score (nSPS) is 14.4. The monoisotopic (exact) mass is 469 g/mol. The third-order valence-electron chi connectivity index (χ3n) is 5.05. The molecule has 32 heavy (non-hydrogen) atoms. The number of hydrogen-bond donors (Lipinski definition) is 0.